The normalized spacial score (nSPS) is 15.9. The molecule has 0 aliphatic carbocycles. The molecule has 0 saturated carbocycles. The van der Waals surface area contributed by atoms with E-state index < -0.39 is 0 Å². The highest BCUT2D eigenvalue weighted by atomic mass is 79.9. The monoisotopic (exact) mass is 373 g/mol. The minimum atomic E-state index is 0.354. The van der Waals surface area contributed by atoms with Crippen molar-refractivity contribution in [1.29, 1.82) is 0 Å². The Morgan fingerprint density at radius 1 is 1.09 bits per heavy atom. The molecule has 1 aliphatic rings. The van der Waals surface area contributed by atoms with Crippen molar-refractivity contribution < 1.29 is 9.47 Å². The second kappa shape index (κ2) is 6.29. The number of fused-ring (bicyclic) bond motifs is 1. The van der Waals surface area contributed by atoms with Crippen LogP contribution in [-0.2, 0) is 4.74 Å². The quantitative estimate of drug-likeness (QED) is 0.690. The van der Waals surface area contributed by atoms with E-state index >= 15 is 0 Å². The predicted molar refractivity (Wildman–Crippen MR) is 90.0 cm³/mol. The fourth-order valence-corrected chi connectivity index (χ4v) is 3.12. The fraction of sp³-hybridized carbons (Fsp3) is 0.294. The van der Waals surface area contributed by atoms with Gasteiger partial charge in [-0.05, 0) is 53.0 Å². The van der Waals surface area contributed by atoms with Crippen molar-refractivity contribution in [3.63, 3.8) is 0 Å². The van der Waals surface area contributed by atoms with E-state index in [1.807, 2.05) is 42.5 Å². The van der Waals surface area contributed by atoms with Crippen LogP contribution in [0.1, 0.15) is 24.6 Å². The molecule has 0 unspecified atom stereocenters. The first-order chi connectivity index (χ1) is 11.3. The Kier molecular flexibility index (Phi) is 4.01. The molecule has 1 aliphatic heterocycles. The molecule has 1 fully saturated rings. The van der Waals surface area contributed by atoms with Gasteiger partial charge in [-0.1, -0.05) is 18.2 Å². The van der Waals surface area contributed by atoms with Crippen molar-refractivity contribution >= 4 is 21.6 Å². The summed E-state index contributed by atoms with van der Waals surface area (Å²) in [5, 5.41) is 4.69. The van der Waals surface area contributed by atoms with E-state index in [1.54, 1.807) is 4.52 Å². The summed E-state index contributed by atoms with van der Waals surface area (Å²) >= 11 is 3.55. The maximum absolute atomic E-state index is 6.01. The Hall–Kier alpha value is -1.92. The Bertz CT molecular complexity index is 813. The van der Waals surface area contributed by atoms with Gasteiger partial charge in [0, 0.05) is 19.1 Å². The average molecular weight is 374 g/mol. The zero-order chi connectivity index (χ0) is 15.6. The molecule has 0 atom stereocenters. The number of pyridine rings is 1. The van der Waals surface area contributed by atoms with Crippen molar-refractivity contribution in [1.82, 2.24) is 14.6 Å². The number of nitrogens with zero attached hydrogens (tertiary/aromatic N) is 3. The summed E-state index contributed by atoms with van der Waals surface area (Å²) in [4.78, 5) is 4.68. The van der Waals surface area contributed by atoms with Crippen molar-refractivity contribution in [3.8, 4) is 11.6 Å². The molecular formula is C17H16BrN3O2. The van der Waals surface area contributed by atoms with Gasteiger partial charge in [0.05, 0.1) is 4.47 Å². The number of para-hydroxylation sites is 1. The molecular weight excluding hydrogens is 358 g/mol. The van der Waals surface area contributed by atoms with Gasteiger partial charge in [-0.15, -0.1) is 5.10 Å². The van der Waals surface area contributed by atoms with E-state index in [0.717, 1.165) is 47.7 Å². The molecule has 0 bridgehead atoms. The molecule has 118 valence electrons. The zero-order valence-electron chi connectivity index (χ0n) is 12.5. The van der Waals surface area contributed by atoms with Gasteiger partial charge in [0.2, 0.25) is 5.88 Å². The number of halogens is 1. The van der Waals surface area contributed by atoms with Crippen LogP contribution in [0, 0.1) is 0 Å². The van der Waals surface area contributed by atoms with Crippen LogP contribution < -0.4 is 4.74 Å². The number of hydrogen-bond acceptors (Lipinski definition) is 4. The van der Waals surface area contributed by atoms with Gasteiger partial charge in [-0.25, -0.2) is 4.98 Å². The summed E-state index contributed by atoms with van der Waals surface area (Å²) in [6.07, 6.45) is 1.93. The summed E-state index contributed by atoms with van der Waals surface area (Å²) in [5.74, 6) is 2.62. The molecule has 0 amide bonds. The van der Waals surface area contributed by atoms with Crippen molar-refractivity contribution in [2.24, 2.45) is 0 Å². The van der Waals surface area contributed by atoms with Crippen LogP contribution >= 0.6 is 15.9 Å². The molecule has 1 aromatic carbocycles. The molecule has 23 heavy (non-hydrogen) atoms. The van der Waals surface area contributed by atoms with Crippen molar-refractivity contribution in [2.75, 3.05) is 13.2 Å². The minimum Gasteiger partial charge on any atom is -0.438 e. The second-order valence-corrected chi connectivity index (χ2v) is 6.38. The predicted octanol–water partition coefficient (Wildman–Crippen LogP) is 4.18. The van der Waals surface area contributed by atoms with Crippen molar-refractivity contribution in [3.05, 3.63) is 52.8 Å². The Morgan fingerprint density at radius 2 is 1.87 bits per heavy atom. The topological polar surface area (TPSA) is 48.7 Å². The van der Waals surface area contributed by atoms with Crippen LogP contribution in [0.4, 0.5) is 0 Å². The van der Waals surface area contributed by atoms with Crippen LogP contribution in [0.2, 0.25) is 0 Å². The maximum Gasteiger partial charge on any atom is 0.236 e. The lowest BCUT2D eigenvalue weighted by molar-refractivity contribution is 0.0836. The molecule has 3 aromatic rings. The summed E-state index contributed by atoms with van der Waals surface area (Å²) in [6.45, 7) is 1.55. The highest BCUT2D eigenvalue weighted by Gasteiger charge is 2.22. The van der Waals surface area contributed by atoms with Gasteiger partial charge >= 0.3 is 0 Å². The molecule has 0 N–H and O–H groups in total. The van der Waals surface area contributed by atoms with Crippen LogP contribution in [0.25, 0.3) is 5.65 Å². The zero-order valence-corrected chi connectivity index (χ0v) is 14.1. The summed E-state index contributed by atoms with van der Waals surface area (Å²) < 4.78 is 14.0. The van der Waals surface area contributed by atoms with Gasteiger partial charge < -0.3 is 9.47 Å². The molecule has 6 heteroatoms. The van der Waals surface area contributed by atoms with Crippen LogP contribution in [-0.4, -0.2) is 27.8 Å². The molecule has 0 spiro atoms. The third kappa shape index (κ3) is 2.96. The Balaban J connectivity index is 1.74. The van der Waals surface area contributed by atoms with E-state index in [2.05, 4.69) is 26.0 Å². The van der Waals surface area contributed by atoms with E-state index in [4.69, 9.17) is 9.47 Å². The first-order valence-corrected chi connectivity index (χ1v) is 8.46. The van der Waals surface area contributed by atoms with E-state index in [-0.39, 0.29) is 0 Å². The number of rotatable bonds is 3. The highest BCUT2D eigenvalue weighted by Crippen LogP contribution is 2.32. The summed E-state index contributed by atoms with van der Waals surface area (Å²) in [6, 6.07) is 13.6. The number of ether oxygens (including phenoxy) is 2. The molecule has 1 saturated heterocycles. The van der Waals surface area contributed by atoms with Crippen LogP contribution in [0.3, 0.4) is 0 Å². The Morgan fingerprint density at radius 3 is 2.65 bits per heavy atom. The van der Waals surface area contributed by atoms with Gasteiger partial charge in [0.1, 0.15) is 5.75 Å². The third-order valence-corrected chi connectivity index (χ3v) is 4.57. The first kappa shape index (κ1) is 14.7. The smallest absolute Gasteiger partial charge is 0.236 e. The molecule has 3 heterocycles. The van der Waals surface area contributed by atoms with Crippen LogP contribution in [0.5, 0.6) is 11.6 Å². The minimum absolute atomic E-state index is 0.354. The maximum atomic E-state index is 6.01. The first-order valence-electron chi connectivity index (χ1n) is 7.67. The molecule has 5 nitrogen and oxygen atoms in total. The van der Waals surface area contributed by atoms with E-state index in [1.165, 1.54) is 0 Å². The van der Waals surface area contributed by atoms with E-state index in [0.29, 0.717) is 11.8 Å². The second-order valence-electron chi connectivity index (χ2n) is 5.53. The van der Waals surface area contributed by atoms with E-state index in [9.17, 15) is 0 Å². The summed E-state index contributed by atoms with van der Waals surface area (Å²) in [5.41, 5.74) is 0.792. The highest BCUT2D eigenvalue weighted by molar-refractivity contribution is 9.10. The molecule has 2 aromatic heterocycles. The third-order valence-electron chi connectivity index (χ3n) is 3.97. The lowest BCUT2D eigenvalue weighted by Gasteiger charge is -2.18. The van der Waals surface area contributed by atoms with Gasteiger partial charge in [-0.2, -0.15) is 4.52 Å². The largest absolute Gasteiger partial charge is 0.438 e. The van der Waals surface area contributed by atoms with Crippen LogP contribution in [0.15, 0.2) is 46.9 Å². The van der Waals surface area contributed by atoms with Gasteiger partial charge in [0.15, 0.2) is 11.5 Å². The standard InChI is InChI=1S/C17H16BrN3O2/c18-14-6-7-15-19-16(12-8-10-22-11-9-12)20-21(15)17(14)23-13-4-2-1-3-5-13/h1-7,12H,8-11H2. The fourth-order valence-electron chi connectivity index (χ4n) is 2.74. The van der Waals surface area contributed by atoms with Gasteiger partial charge in [0.25, 0.3) is 0 Å². The number of aromatic nitrogens is 3. The van der Waals surface area contributed by atoms with Crippen molar-refractivity contribution in [2.45, 2.75) is 18.8 Å². The molecule has 4 rings (SSSR count). The average Bonchev–Trinajstić information content (AvgIpc) is 3.04. The Labute approximate surface area is 142 Å². The summed E-state index contributed by atoms with van der Waals surface area (Å²) in [7, 11) is 0. The number of benzene rings is 1. The lowest BCUT2D eigenvalue weighted by Crippen LogP contribution is -2.15. The molecule has 0 radical (unpaired) electrons. The number of hydrogen-bond donors (Lipinski definition) is 0. The van der Waals surface area contributed by atoms with Gasteiger partial charge in [-0.3, -0.25) is 0 Å². The SMILES string of the molecule is Brc1ccc2nc(C3CCOCC3)nn2c1Oc1ccccc1. The lowest BCUT2D eigenvalue weighted by atomic mass is 10.00.